The van der Waals surface area contributed by atoms with Gasteiger partial charge < -0.3 is 10.8 Å². The second-order valence-corrected chi connectivity index (χ2v) is 6.08. The van der Waals surface area contributed by atoms with Crippen LogP contribution in [0.15, 0.2) is 21.1 Å². The molecule has 1 aromatic carbocycles. The van der Waals surface area contributed by atoms with Gasteiger partial charge in [0.25, 0.3) is 0 Å². The molecule has 0 saturated carbocycles. The number of hydrogen-bond donors (Lipinski definition) is 2. The standard InChI is InChI=1S/C12H16Br2N2O2/c1-7(2)16(6-11(15)17)5-8-3-9(13)12(18)10(14)4-8/h3-4,7,18H,5-6H2,1-2H3,(H2,15,17). The van der Waals surface area contributed by atoms with E-state index in [1.165, 1.54) is 0 Å². The molecule has 4 nitrogen and oxygen atoms in total. The van der Waals surface area contributed by atoms with Crippen molar-refractivity contribution in [2.24, 2.45) is 5.73 Å². The van der Waals surface area contributed by atoms with Crippen molar-refractivity contribution < 1.29 is 9.90 Å². The average Bonchev–Trinajstić information content (AvgIpc) is 2.24. The molecule has 0 aliphatic rings. The van der Waals surface area contributed by atoms with Crippen LogP contribution < -0.4 is 5.73 Å². The van der Waals surface area contributed by atoms with E-state index in [1.807, 2.05) is 30.9 Å². The van der Waals surface area contributed by atoms with Crippen molar-refractivity contribution in [2.75, 3.05) is 6.54 Å². The van der Waals surface area contributed by atoms with E-state index in [2.05, 4.69) is 31.9 Å². The number of halogens is 2. The number of rotatable bonds is 5. The van der Waals surface area contributed by atoms with E-state index in [0.29, 0.717) is 15.5 Å². The maximum Gasteiger partial charge on any atom is 0.231 e. The third-order valence-electron chi connectivity index (χ3n) is 2.55. The Bertz CT molecular complexity index is 427. The Hall–Kier alpha value is -0.590. The summed E-state index contributed by atoms with van der Waals surface area (Å²) in [7, 11) is 0. The largest absolute Gasteiger partial charge is 0.506 e. The summed E-state index contributed by atoms with van der Waals surface area (Å²) in [6, 6.07) is 3.87. The van der Waals surface area contributed by atoms with Gasteiger partial charge in [-0.15, -0.1) is 0 Å². The van der Waals surface area contributed by atoms with Crippen LogP contribution in [0.4, 0.5) is 0 Å². The Labute approximate surface area is 123 Å². The highest BCUT2D eigenvalue weighted by Gasteiger charge is 2.14. The van der Waals surface area contributed by atoms with Crippen molar-refractivity contribution in [1.82, 2.24) is 4.90 Å². The first-order valence-corrected chi connectivity index (χ1v) is 7.09. The summed E-state index contributed by atoms with van der Waals surface area (Å²) in [6.45, 7) is 4.83. The Morgan fingerprint density at radius 3 is 2.28 bits per heavy atom. The number of amides is 1. The second-order valence-electron chi connectivity index (χ2n) is 4.37. The Balaban J connectivity index is 2.90. The van der Waals surface area contributed by atoms with Gasteiger partial charge in [-0.3, -0.25) is 9.69 Å². The molecule has 0 fully saturated rings. The predicted octanol–water partition coefficient (Wildman–Crippen LogP) is 2.61. The molecule has 3 N–H and O–H groups in total. The zero-order valence-electron chi connectivity index (χ0n) is 10.3. The van der Waals surface area contributed by atoms with Gasteiger partial charge in [0.05, 0.1) is 15.5 Å². The number of phenols is 1. The Kier molecular flexibility index (Phi) is 5.62. The molecular weight excluding hydrogens is 364 g/mol. The molecule has 100 valence electrons. The van der Waals surface area contributed by atoms with Gasteiger partial charge in [0.1, 0.15) is 5.75 Å². The minimum Gasteiger partial charge on any atom is -0.506 e. The third-order valence-corrected chi connectivity index (χ3v) is 3.76. The van der Waals surface area contributed by atoms with E-state index < -0.39 is 0 Å². The maximum absolute atomic E-state index is 11.0. The van der Waals surface area contributed by atoms with Crippen LogP contribution >= 0.6 is 31.9 Å². The molecule has 0 atom stereocenters. The molecule has 0 bridgehead atoms. The third kappa shape index (κ3) is 4.26. The summed E-state index contributed by atoms with van der Waals surface area (Å²) >= 11 is 6.57. The molecule has 0 radical (unpaired) electrons. The lowest BCUT2D eigenvalue weighted by atomic mass is 10.2. The predicted molar refractivity (Wildman–Crippen MR) is 78.2 cm³/mol. The van der Waals surface area contributed by atoms with Crippen LogP contribution in [0, 0.1) is 0 Å². The van der Waals surface area contributed by atoms with Crippen LogP contribution in [0.2, 0.25) is 0 Å². The first-order valence-electron chi connectivity index (χ1n) is 5.50. The molecule has 1 amide bonds. The fraction of sp³-hybridized carbons (Fsp3) is 0.417. The van der Waals surface area contributed by atoms with E-state index in [-0.39, 0.29) is 24.2 Å². The number of aromatic hydroxyl groups is 1. The zero-order chi connectivity index (χ0) is 13.9. The summed E-state index contributed by atoms with van der Waals surface area (Å²) in [4.78, 5) is 13.0. The number of nitrogens with zero attached hydrogens (tertiary/aromatic N) is 1. The molecular formula is C12H16Br2N2O2. The molecule has 0 spiro atoms. The topological polar surface area (TPSA) is 66.6 Å². The van der Waals surface area contributed by atoms with Crippen LogP contribution in [-0.4, -0.2) is 28.5 Å². The van der Waals surface area contributed by atoms with Crippen molar-refractivity contribution >= 4 is 37.8 Å². The van der Waals surface area contributed by atoms with Crippen molar-refractivity contribution in [3.63, 3.8) is 0 Å². The number of phenolic OH excluding ortho intramolecular Hbond substituents is 1. The monoisotopic (exact) mass is 378 g/mol. The van der Waals surface area contributed by atoms with Crippen molar-refractivity contribution in [3.8, 4) is 5.75 Å². The van der Waals surface area contributed by atoms with Gasteiger partial charge in [-0.1, -0.05) is 0 Å². The van der Waals surface area contributed by atoms with Crippen LogP contribution in [0.5, 0.6) is 5.75 Å². The van der Waals surface area contributed by atoms with Gasteiger partial charge in [0, 0.05) is 12.6 Å². The highest BCUT2D eigenvalue weighted by atomic mass is 79.9. The molecule has 0 aromatic heterocycles. The molecule has 0 aliphatic heterocycles. The molecule has 18 heavy (non-hydrogen) atoms. The van der Waals surface area contributed by atoms with Crippen molar-refractivity contribution in [3.05, 3.63) is 26.6 Å². The Morgan fingerprint density at radius 1 is 1.39 bits per heavy atom. The lowest BCUT2D eigenvalue weighted by Gasteiger charge is -2.25. The normalized spacial score (nSPS) is 11.2. The van der Waals surface area contributed by atoms with Gasteiger partial charge in [0.15, 0.2) is 0 Å². The van der Waals surface area contributed by atoms with Crippen molar-refractivity contribution in [1.29, 1.82) is 0 Å². The number of nitrogens with two attached hydrogens (primary N) is 1. The van der Waals surface area contributed by atoms with Crippen molar-refractivity contribution in [2.45, 2.75) is 26.4 Å². The molecule has 1 rings (SSSR count). The minimum absolute atomic E-state index is 0.171. The fourth-order valence-corrected chi connectivity index (χ4v) is 2.85. The number of benzene rings is 1. The summed E-state index contributed by atoms with van der Waals surface area (Å²) in [5.74, 6) is -0.176. The van der Waals surface area contributed by atoms with Crippen LogP contribution in [0.3, 0.4) is 0 Å². The van der Waals surface area contributed by atoms with Gasteiger partial charge in [-0.25, -0.2) is 0 Å². The number of hydrogen-bond acceptors (Lipinski definition) is 3. The van der Waals surface area contributed by atoms with Crippen LogP contribution in [0.1, 0.15) is 19.4 Å². The van der Waals surface area contributed by atoms with E-state index in [4.69, 9.17) is 5.73 Å². The van der Waals surface area contributed by atoms with E-state index in [0.717, 1.165) is 5.56 Å². The van der Waals surface area contributed by atoms with Crippen LogP contribution in [0.25, 0.3) is 0 Å². The molecule has 0 saturated heterocycles. The smallest absolute Gasteiger partial charge is 0.231 e. The van der Waals surface area contributed by atoms with E-state index >= 15 is 0 Å². The quantitative estimate of drug-likeness (QED) is 0.826. The van der Waals surface area contributed by atoms with Gasteiger partial charge in [-0.05, 0) is 63.4 Å². The SMILES string of the molecule is CC(C)N(CC(N)=O)Cc1cc(Br)c(O)c(Br)c1. The number of carbonyl (C=O) groups is 1. The molecule has 0 aliphatic carbocycles. The fourth-order valence-electron chi connectivity index (χ4n) is 1.57. The molecule has 0 heterocycles. The van der Waals surface area contributed by atoms with Gasteiger partial charge in [-0.2, -0.15) is 0 Å². The Morgan fingerprint density at radius 2 is 1.89 bits per heavy atom. The first kappa shape index (κ1) is 15.5. The molecule has 1 aromatic rings. The minimum atomic E-state index is -0.347. The summed E-state index contributed by atoms with van der Waals surface area (Å²) < 4.78 is 1.24. The van der Waals surface area contributed by atoms with E-state index in [9.17, 15) is 9.90 Å². The summed E-state index contributed by atoms with van der Waals surface area (Å²) in [5.41, 5.74) is 6.22. The average molecular weight is 380 g/mol. The first-order chi connectivity index (χ1) is 8.31. The number of carbonyl (C=O) groups excluding carboxylic acids is 1. The van der Waals surface area contributed by atoms with Gasteiger partial charge in [0.2, 0.25) is 5.91 Å². The zero-order valence-corrected chi connectivity index (χ0v) is 13.5. The number of primary amides is 1. The van der Waals surface area contributed by atoms with Gasteiger partial charge >= 0.3 is 0 Å². The summed E-state index contributed by atoms with van der Waals surface area (Å²) in [6.07, 6.45) is 0. The summed E-state index contributed by atoms with van der Waals surface area (Å²) in [5, 5.41) is 9.64. The molecule has 0 unspecified atom stereocenters. The lowest BCUT2D eigenvalue weighted by molar-refractivity contribution is -0.119. The molecule has 6 heteroatoms. The van der Waals surface area contributed by atoms with Crippen LogP contribution in [-0.2, 0) is 11.3 Å². The lowest BCUT2D eigenvalue weighted by Crippen LogP contribution is -2.37. The highest BCUT2D eigenvalue weighted by molar-refractivity contribution is 9.11. The highest BCUT2D eigenvalue weighted by Crippen LogP contribution is 2.33. The van der Waals surface area contributed by atoms with E-state index in [1.54, 1.807) is 0 Å². The second kappa shape index (κ2) is 6.54. The maximum atomic E-state index is 11.0.